The quantitative estimate of drug-likeness (QED) is 0.196. The van der Waals surface area contributed by atoms with Crippen LogP contribution in [0.25, 0.3) is 11.1 Å². The summed E-state index contributed by atoms with van der Waals surface area (Å²) in [6, 6.07) is 43.9. The Labute approximate surface area is 253 Å². The minimum absolute atomic E-state index is 0.0314. The molecule has 214 valence electrons. The Hall–Kier alpha value is -4.96. The van der Waals surface area contributed by atoms with E-state index in [1.165, 1.54) is 16.7 Å². The van der Waals surface area contributed by atoms with Crippen molar-refractivity contribution in [3.8, 4) is 11.1 Å². The largest absolute Gasteiger partial charge is 0.478 e. The molecule has 0 spiro atoms. The number of rotatable bonds is 9. The first kappa shape index (κ1) is 28.2. The summed E-state index contributed by atoms with van der Waals surface area (Å²) < 4.78 is 0. The number of carbonyl (C=O) groups is 2. The molecule has 0 radical (unpaired) electrons. The monoisotopic (exact) mass is 565 g/mol. The second-order valence-electron chi connectivity index (χ2n) is 11.3. The average Bonchev–Trinajstić information content (AvgIpc) is 3.05. The zero-order valence-corrected chi connectivity index (χ0v) is 24.1. The first-order valence-electron chi connectivity index (χ1n) is 14.9. The fraction of sp³-hybridized carbons (Fsp3) is 0.179. The van der Waals surface area contributed by atoms with Crippen LogP contribution < -0.4 is 0 Å². The summed E-state index contributed by atoms with van der Waals surface area (Å²) in [6.07, 6.45) is 3.05. The second-order valence-corrected chi connectivity index (χ2v) is 11.3. The van der Waals surface area contributed by atoms with Crippen molar-refractivity contribution in [1.29, 1.82) is 0 Å². The van der Waals surface area contributed by atoms with Crippen LogP contribution in [0.1, 0.15) is 50.6 Å². The number of nitrogens with zero attached hydrogens (tertiary/aromatic N) is 1. The fourth-order valence-corrected chi connectivity index (χ4v) is 6.58. The lowest BCUT2D eigenvalue weighted by Crippen LogP contribution is -2.42. The highest BCUT2D eigenvalue weighted by atomic mass is 16.4. The number of hydrogen-bond acceptors (Lipinski definition) is 2. The van der Waals surface area contributed by atoms with Crippen LogP contribution in [-0.2, 0) is 30.6 Å². The molecule has 0 aromatic heterocycles. The van der Waals surface area contributed by atoms with Crippen molar-refractivity contribution in [2.24, 2.45) is 5.92 Å². The lowest BCUT2D eigenvalue weighted by atomic mass is 9.76. The molecule has 2 unspecified atom stereocenters. The zero-order valence-electron chi connectivity index (χ0n) is 24.1. The molecule has 0 bridgehead atoms. The Kier molecular flexibility index (Phi) is 8.46. The van der Waals surface area contributed by atoms with Crippen molar-refractivity contribution in [2.75, 3.05) is 0 Å². The summed E-state index contributed by atoms with van der Waals surface area (Å²) in [4.78, 5) is 28.8. The molecule has 1 amide bonds. The van der Waals surface area contributed by atoms with Gasteiger partial charge in [-0.25, -0.2) is 4.79 Å². The molecule has 5 aromatic carbocycles. The van der Waals surface area contributed by atoms with Gasteiger partial charge in [-0.1, -0.05) is 127 Å². The summed E-state index contributed by atoms with van der Waals surface area (Å²) in [6.45, 7) is 0.498. The van der Waals surface area contributed by atoms with E-state index < -0.39 is 5.97 Å². The molecular weight excluding hydrogens is 530 g/mol. The number of fused-ring (bicyclic) bond motifs is 1. The van der Waals surface area contributed by atoms with Gasteiger partial charge in [0, 0.05) is 6.54 Å². The second kappa shape index (κ2) is 12.9. The molecule has 0 saturated heterocycles. The lowest BCUT2D eigenvalue weighted by Gasteiger charge is -2.42. The first-order valence-corrected chi connectivity index (χ1v) is 14.9. The molecule has 4 nitrogen and oxygen atoms in total. The summed E-state index contributed by atoms with van der Waals surface area (Å²) >= 11 is 0. The van der Waals surface area contributed by atoms with E-state index in [4.69, 9.17) is 0 Å². The molecule has 2 atom stereocenters. The number of benzene rings is 5. The minimum atomic E-state index is -0.981. The molecule has 0 heterocycles. The number of carboxylic acids is 1. The van der Waals surface area contributed by atoms with E-state index >= 15 is 0 Å². The van der Waals surface area contributed by atoms with Gasteiger partial charge in [0.15, 0.2) is 0 Å². The highest BCUT2D eigenvalue weighted by Gasteiger charge is 2.36. The van der Waals surface area contributed by atoms with Gasteiger partial charge in [-0.2, -0.15) is 0 Å². The van der Waals surface area contributed by atoms with E-state index in [9.17, 15) is 14.7 Å². The van der Waals surface area contributed by atoms with Gasteiger partial charge in [-0.3, -0.25) is 4.79 Å². The van der Waals surface area contributed by atoms with Crippen molar-refractivity contribution in [2.45, 2.75) is 38.3 Å². The van der Waals surface area contributed by atoms with Gasteiger partial charge in [0.05, 0.1) is 18.0 Å². The van der Waals surface area contributed by atoms with Crippen molar-refractivity contribution in [1.82, 2.24) is 4.90 Å². The normalized spacial score (nSPS) is 15.8. The topological polar surface area (TPSA) is 57.6 Å². The zero-order chi connectivity index (χ0) is 29.6. The minimum Gasteiger partial charge on any atom is -0.478 e. The maximum Gasteiger partial charge on any atom is 0.336 e. The SMILES string of the molecule is O=C(O)c1ccccc1-c1ccccc1CC(=O)N(Cc1ccccc1)C1c2ccccc2CCC1Cc1ccccc1. The van der Waals surface area contributed by atoms with Crippen LogP contribution >= 0.6 is 0 Å². The molecule has 0 fully saturated rings. The maximum absolute atomic E-state index is 14.6. The number of aryl methyl sites for hydroxylation is 1. The van der Waals surface area contributed by atoms with Crippen molar-refractivity contribution >= 4 is 11.9 Å². The molecule has 1 aliphatic rings. The average molecular weight is 566 g/mol. The van der Waals surface area contributed by atoms with Crippen LogP contribution in [-0.4, -0.2) is 21.9 Å². The Morgan fingerprint density at radius 2 is 1.28 bits per heavy atom. The molecule has 1 N–H and O–H groups in total. The van der Waals surface area contributed by atoms with Crippen LogP contribution in [0.15, 0.2) is 133 Å². The molecular formula is C39H35NO3. The first-order chi connectivity index (χ1) is 21.1. The molecule has 1 aliphatic carbocycles. The lowest BCUT2D eigenvalue weighted by molar-refractivity contribution is -0.135. The van der Waals surface area contributed by atoms with Crippen molar-refractivity contribution < 1.29 is 14.7 Å². The van der Waals surface area contributed by atoms with Gasteiger partial charge in [-0.05, 0) is 70.2 Å². The van der Waals surface area contributed by atoms with Crippen molar-refractivity contribution in [3.05, 3.63) is 167 Å². The van der Waals surface area contributed by atoms with Gasteiger partial charge >= 0.3 is 5.97 Å². The van der Waals surface area contributed by atoms with E-state index in [1.807, 2.05) is 60.7 Å². The highest BCUT2D eigenvalue weighted by Crippen LogP contribution is 2.42. The smallest absolute Gasteiger partial charge is 0.336 e. The highest BCUT2D eigenvalue weighted by molar-refractivity contribution is 5.97. The Balaban J connectivity index is 1.41. The molecule has 43 heavy (non-hydrogen) atoms. The van der Waals surface area contributed by atoms with E-state index in [0.29, 0.717) is 12.1 Å². The van der Waals surface area contributed by atoms with E-state index in [0.717, 1.165) is 36.0 Å². The van der Waals surface area contributed by atoms with E-state index in [-0.39, 0.29) is 29.9 Å². The van der Waals surface area contributed by atoms with Crippen LogP contribution in [0.2, 0.25) is 0 Å². The predicted molar refractivity (Wildman–Crippen MR) is 171 cm³/mol. The molecule has 6 rings (SSSR count). The molecule has 0 saturated carbocycles. The fourth-order valence-electron chi connectivity index (χ4n) is 6.58. The van der Waals surface area contributed by atoms with Crippen LogP contribution in [0.4, 0.5) is 0 Å². The van der Waals surface area contributed by atoms with Gasteiger partial charge in [-0.15, -0.1) is 0 Å². The molecule has 5 aromatic rings. The van der Waals surface area contributed by atoms with Crippen LogP contribution in [0, 0.1) is 5.92 Å². The summed E-state index contributed by atoms with van der Waals surface area (Å²) in [5.41, 5.74) is 7.34. The van der Waals surface area contributed by atoms with Crippen LogP contribution in [0.3, 0.4) is 0 Å². The number of amides is 1. The third kappa shape index (κ3) is 6.29. The molecule has 4 heteroatoms. The third-order valence-corrected chi connectivity index (χ3v) is 8.60. The number of hydrogen-bond donors (Lipinski definition) is 1. The van der Waals surface area contributed by atoms with E-state index in [1.54, 1.807) is 12.1 Å². The summed E-state index contributed by atoms with van der Waals surface area (Å²) in [5, 5.41) is 9.89. The van der Waals surface area contributed by atoms with Crippen LogP contribution in [0.5, 0.6) is 0 Å². The Morgan fingerprint density at radius 3 is 2.02 bits per heavy atom. The Bertz CT molecular complexity index is 1710. The van der Waals surface area contributed by atoms with Crippen molar-refractivity contribution in [3.63, 3.8) is 0 Å². The third-order valence-electron chi connectivity index (χ3n) is 8.60. The van der Waals surface area contributed by atoms with Gasteiger partial charge in [0.25, 0.3) is 0 Å². The molecule has 0 aliphatic heterocycles. The Morgan fingerprint density at radius 1 is 0.674 bits per heavy atom. The summed E-state index contributed by atoms with van der Waals surface area (Å²) in [7, 11) is 0. The number of carbonyl (C=O) groups excluding carboxylic acids is 1. The summed E-state index contributed by atoms with van der Waals surface area (Å²) in [5.74, 6) is -0.693. The number of aromatic carboxylic acids is 1. The van der Waals surface area contributed by atoms with E-state index in [2.05, 4.69) is 65.6 Å². The maximum atomic E-state index is 14.6. The van der Waals surface area contributed by atoms with Gasteiger partial charge in [0.2, 0.25) is 5.91 Å². The standard InChI is InChI=1S/C39H35NO3/c41-37(26-31-18-8-9-19-33(31)35-21-11-12-22-36(35)39(42)43)40(27-29-15-5-2-6-16-29)38-32(25-28-13-3-1-4-14-28)24-23-30-17-7-10-20-34(30)38/h1-22,32,38H,23-27H2,(H,42,43). The number of carboxylic acid groups (broad SMARTS) is 1. The van der Waals surface area contributed by atoms with Gasteiger partial charge < -0.3 is 10.0 Å². The predicted octanol–water partition coefficient (Wildman–Crippen LogP) is 8.17. The van der Waals surface area contributed by atoms with Gasteiger partial charge in [0.1, 0.15) is 0 Å².